The Morgan fingerprint density at radius 1 is 1.15 bits per heavy atom. The fourth-order valence-corrected chi connectivity index (χ4v) is 2.24. The summed E-state index contributed by atoms with van der Waals surface area (Å²) in [7, 11) is 0. The number of amides is 1. The van der Waals surface area contributed by atoms with E-state index >= 15 is 0 Å². The van der Waals surface area contributed by atoms with E-state index in [0.717, 1.165) is 12.1 Å². The van der Waals surface area contributed by atoms with Gasteiger partial charge >= 0.3 is 6.36 Å². The first-order valence-corrected chi connectivity index (χ1v) is 7.51. The quantitative estimate of drug-likeness (QED) is 0.750. The molecular formula is C16H13F3N4O3. The second-order valence-electron chi connectivity index (χ2n) is 5.04. The summed E-state index contributed by atoms with van der Waals surface area (Å²) in [4.78, 5) is 12.3. The molecule has 1 N–H and O–H groups in total. The number of rotatable bonds is 5. The van der Waals surface area contributed by atoms with Gasteiger partial charge < -0.3 is 9.47 Å². The smallest absolute Gasteiger partial charge is 0.479 e. The first-order chi connectivity index (χ1) is 12.4. The lowest BCUT2D eigenvalue weighted by atomic mass is 10.2. The molecule has 7 nitrogen and oxygen atoms in total. The molecule has 3 rings (SSSR count). The number of benzene rings is 1. The number of nitrogens with zero attached hydrogens (tertiary/aromatic N) is 3. The minimum Gasteiger partial charge on any atom is -0.479 e. The average molecular weight is 366 g/mol. The molecule has 136 valence electrons. The van der Waals surface area contributed by atoms with Crippen LogP contribution in [0.5, 0.6) is 11.6 Å². The predicted molar refractivity (Wildman–Crippen MR) is 85.2 cm³/mol. The number of nitrogens with one attached hydrogen (secondary N) is 1. The van der Waals surface area contributed by atoms with E-state index in [2.05, 4.69) is 20.3 Å². The fourth-order valence-electron chi connectivity index (χ4n) is 2.24. The number of carbonyl (C=O) groups is 1. The van der Waals surface area contributed by atoms with Crippen molar-refractivity contribution in [3.05, 3.63) is 48.0 Å². The third kappa shape index (κ3) is 3.85. The lowest BCUT2D eigenvalue weighted by molar-refractivity contribution is -0.274. The van der Waals surface area contributed by atoms with Crippen LogP contribution in [0, 0.1) is 0 Å². The van der Waals surface area contributed by atoms with Gasteiger partial charge in [-0.1, -0.05) is 6.07 Å². The van der Waals surface area contributed by atoms with Crippen molar-refractivity contribution in [3.8, 4) is 11.6 Å². The zero-order chi connectivity index (χ0) is 18.7. The van der Waals surface area contributed by atoms with Crippen LogP contribution in [0.3, 0.4) is 0 Å². The van der Waals surface area contributed by atoms with Crippen LogP contribution in [-0.4, -0.2) is 33.5 Å². The Morgan fingerprint density at radius 3 is 2.54 bits per heavy atom. The van der Waals surface area contributed by atoms with Gasteiger partial charge in [0.25, 0.3) is 5.91 Å². The van der Waals surface area contributed by atoms with E-state index in [-0.39, 0.29) is 11.5 Å². The van der Waals surface area contributed by atoms with Crippen LogP contribution >= 0.6 is 0 Å². The molecule has 10 heteroatoms. The Hall–Kier alpha value is -3.30. The van der Waals surface area contributed by atoms with E-state index in [0.29, 0.717) is 18.1 Å². The van der Waals surface area contributed by atoms with E-state index in [1.165, 1.54) is 16.5 Å². The van der Waals surface area contributed by atoms with Gasteiger partial charge in [0.05, 0.1) is 6.61 Å². The molecule has 1 aromatic carbocycles. The van der Waals surface area contributed by atoms with Crippen LogP contribution in [0.15, 0.2) is 42.5 Å². The van der Waals surface area contributed by atoms with Crippen LogP contribution in [0.1, 0.15) is 17.3 Å². The van der Waals surface area contributed by atoms with Gasteiger partial charge in [-0.3, -0.25) is 10.1 Å². The number of aromatic nitrogens is 3. The summed E-state index contributed by atoms with van der Waals surface area (Å²) in [6, 6.07) is 9.64. The molecule has 0 saturated carbocycles. The van der Waals surface area contributed by atoms with Crippen molar-refractivity contribution in [2.45, 2.75) is 13.3 Å². The molecule has 0 radical (unpaired) electrons. The molecule has 0 unspecified atom stereocenters. The second-order valence-corrected chi connectivity index (χ2v) is 5.04. The Kier molecular flexibility index (Phi) is 4.65. The summed E-state index contributed by atoms with van der Waals surface area (Å²) in [6.07, 6.45) is -4.79. The minimum absolute atomic E-state index is 0.129. The number of fused-ring (bicyclic) bond motifs is 1. The van der Waals surface area contributed by atoms with Crippen molar-refractivity contribution in [2.75, 3.05) is 11.9 Å². The molecule has 0 bridgehead atoms. The van der Waals surface area contributed by atoms with E-state index in [4.69, 9.17) is 4.74 Å². The van der Waals surface area contributed by atoms with Crippen LogP contribution in [0.25, 0.3) is 5.65 Å². The molecule has 0 aliphatic heterocycles. The van der Waals surface area contributed by atoms with Crippen LogP contribution < -0.4 is 14.8 Å². The molecule has 26 heavy (non-hydrogen) atoms. The zero-order valence-electron chi connectivity index (χ0n) is 13.4. The van der Waals surface area contributed by atoms with Crippen molar-refractivity contribution in [1.82, 2.24) is 14.6 Å². The third-order valence-corrected chi connectivity index (χ3v) is 3.26. The predicted octanol–water partition coefficient (Wildman–Crippen LogP) is 3.28. The SMILES string of the molecule is CCOc1cccc2nnc(NC(=O)c3ccc(OC(F)(F)F)cc3)n12. The minimum atomic E-state index is -4.79. The molecule has 0 aliphatic rings. The monoisotopic (exact) mass is 366 g/mol. The first kappa shape index (κ1) is 17.5. The maximum Gasteiger partial charge on any atom is 0.573 e. The number of anilines is 1. The summed E-state index contributed by atoms with van der Waals surface area (Å²) >= 11 is 0. The molecule has 0 fully saturated rings. The highest BCUT2D eigenvalue weighted by molar-refractivity contribution is 6.03. The van der Waals surface area contributed by atoms with Crippen LogP contribution in [0.4, 0.5) is 19.1 Å². The summed E-state index contributed by atoms with van der Waals surface area (Å²) in [5, 5.41) is 10.4. The Labute approximate surface area is 145 Å². The van der Waals surface area contributed by atoms with Gasteiger partial charge in [-0.05, 0) is 43.3 Å². The fraction of sp³-hybridized carbons (Fsp3) is 0.188. The maximum atomic E-state index is 12.3. The molecule has 2 heterocycles. The molecule has 0 atom stereocenters. The number of hydrogen-bond acceptors (Lipinski definition) is 5. The number of pyridine rings is 1. The summed E-state index contributed by atoms with van der Waals surface area (Å²) in [5.41, 5.74) is 0.602. The van der Waals surface area contributed by atoms with Crippen molar-refractivity contribution in [3.63, 3.8) is 0 Å². The molecule has 0 aliphatic carbocycles. The molecule has 2 aromatic heterocycles. The van der Waals surface area contributed by atoms with Crippen LogP contribution in [0.2, 0.25) is 0 Å². The molecule has 0 spiro atoms. The number of hydrogen-bond donors (Lipinski definition) is 1. The summed E-state index contributed by atoms with van der Waals surface area (Å²) in [5.74, 6) is -0.409. The molecule has 1 amide bonds. The highest BCUT2D eigenvalue weighted by atomic mass is 19.4. The number of halogens is 3. The van der Waals surface area contributed by atoms with E-state index < -0.39 is 18.0 Å². The normalized spacial score (nSPS) is 11.4. The average Bonchev–Trinajstić information content (AvgIpc) is 2.98. The standard InChI is InChI=1S/C16H13F3N4O3/c1-2-25-13-5-3-4-12-21-22-15(23(12)13)20-14(24)10-6-8-11(9-7-10)26-16(17,18)19/h3-9H,2H2,1H3,(H,20,22,24). The zero-order valence-corrected chi connectivity index (χ0v) is 13.4. The van der Waals surface area contributed by atoms with E-state index in [1.807, 2.05) is 6.92 Å². The highest BCUT2D eigenvalue weighted by Gasteiger charge is 2.31. The molecular weight excluding hydrogens is 353 g/mol. The highest BCUT2D eigenvalue weighted by Crippen LogP contribution is 2.23. The second kappa shape index (κ2) is 6.90. The first-order valence-electron chi connectivity index (χ1n) is 7.51. The van der Waals surface area contributed by atoms with Gasteiger partial charge in [0.2, 0.25) is 11.8 Å². The van der Waals surface area contributed by atoms with Gasteiger partial charge in [0, 0.05) is 5.56 Å². The van der Waals surface area contributed by atoms with Gasteiger partial charge in [-0.15, -0.1) is 23.4 Å². The maximum absolute atomic E-state index is 12.3. The summed E-state index contributed by atoms with van der Waals surface area (Å²) in [6.45, 7) is 2.22. The Morgan fingerprint density at radius 2 is 1.88 bits per heavy atom. The van der Waals surface area contributed by atoms with E-state index in [1.54, 1.807) is 18.2 Å². The molecule has 0 saturated heterocycles. The van der Waals surface area contributed by atoms with Crippen LogP contribution in [-0.2, 0) is 0 Å². The van der Waals surface area contributed by atoms with Crippen molar-refractivity contribution in [2.24, 2.45) is 0 Å². The topological polar surface area (TPSA) is 77.8 Å². The van der Waals surface area contributed by atoms with E-state index in [9.17, 15) is 18.0 Å². The summed E-state index contributed by atoms with van der Waals surface area (Å²) < 4.78 is 47.3. The third-order valence-electron chi connectivity index (χ3n) is 3.26. The lowest BCUT2D eigenvalue weighted by Crippen LogP contribution is -2.17. The van der Waals surface area contributed by atoms with Gasteiger partial charge in [-0.2, -0.15) is 0 Å². The number of carbonyl (C=O) groups excluding carboxylic acids is 1. The largest absolute Gasteiger partial charge is 0.573 e. The number of ether oxygens (including phenoxy) is 2. The van der Waals surface area contributed by atoms with Gasteiger partial charge in [-0.25, -0.2) is 4.40 Å². The molecule has 3 aromatic rings. The van der Waals surface area contributed by atoms with Crippen molar-refractivity contribution < 1.29 is 27.4 Å². The van der Waals surface area contributed by atoms with Crippen molar-refractivity contribution >= 4 is 17.5 Å². The Bertz CT molecular complexity index is 923. The number of alkyl halides is 3. The lowest BCUT2D eigenvalue weighted by Gasteiger charge is -2.10. The Balaban J connectivity index is 1.81. The van der Waals surface area contributed by atoms with Gasteiger partial charge in [0.1, 0.15) is 5.75 Å². The van der Waals surface area contributed by atoms with Gasteiger partial charge in [0.15, 0.2) is 5.65 Å². The van der Waals surface area contributed by atoms with Crippen molar-refractivity contribution in [1.29, 1.82) is 0 Å².